The first-order valence-electron chi connectivity index (χ1n) is 8.10. The molecule has 140 valence electrons. The second kappa shape index (κ2) is 8.14. The molecule has 0 saturated heterocycles. The maximum absolute atomic E-state index is 12.3. The summed E-state index contributed by atoms with van der Waals surface area (Å²) in [5, 5.41) is 0.810. The number of carbonyl (C=O) groups excluding carboxylic acids is 1. The zero-order valence-corrected chi connectivity index (χ0v) is 16.5. The summed E-state index contributed by atoms with van der Waals surface area (Å²) in [6.07, 6.45) is 6.66. The van der Waals surface area contributed by atoms with Crippen LogP contribution in [0.15, 0.2) is 49.6 Å². The van der Waals surface area contributed by atoms with Crippen LogP contribution in [0.4, 0.5) is 0 Å². The van der Waals surface area contributed by atoms with E-state index in [1.807, 2.05) is 20.8 Å². The Morgan fingerprint density at radius 1 is 1.35 bits per heavy atom. The Morgan fingerprint density at radius 2 is 2.08 bits per heavy atom. The van der Waals surface area contributed by atoms with Gasteiger partial charge in [0, 0.05) is 23.5 Å². The maximum atomic E-state index is 12.3. The smallest absolute Gasteiger partial charge is 0.345 e. The number of rotatable bonds is 7. The average Bonchev–Trinajstić information content (AvgIpc) is 3.04. The van der Waals surface area contributed by atoms with Gasteiger partial charge in [-0.2, -0.15) is 0 Å². The molecule has 1 aromatic heterocycles. The normalized spacial score (nSPS) is 13.7. The van der Waals surface area contributed by atoms with E-state index in [1.165, 1.54) is 12.4 Å². The summed E-state index contributed by atoms with van der Waals surface area (Å²) < 4.78 is 13.6. The number of hydrogen-bond donors (Lipinski definition) is 0. The molecule has 1 aromatic carbocycles. The van der Waals surface area contributed by atoms with Gasteiger partial charge in [-0.25, -0.2) is 4.98 Å². The van der Waals surface area contributed by atoms with Crippen molar-refractivity contribution in [2.24, 2.45) is 5.41 Å². The Labute approximate surface area is 163 Å². The van der Waals surface area contributed by atoms with Gasteiger partial charge in [0.1, 0.15) is 12.1 Å². The second-order valence-electron chi connectivity index (χ2n) is 7.06. The van der Waals surface area contributed by atoms with Gasteiger partial charge in [0.25, 0.3) is 0 Å². The van der Waals surface area contributed by atoms with E-state index in [0.29, 0.717) is 22.2 Å². The molecule has 0 radical (unpaired) electrons. The van der Waals surface area contributed by atoms with Crippen molar-refractivity contribution in [2.45, 2.75) is 39.5 Å². The number of nitrogens with zero attached hydrogens (tertiary/aromatic N) is 2. The fraction of sp³-hybridized carbons (Fsp3) is 0.368. The molecule has 0 aliphatic carbocycles. The molecule has 0 aliphatic rings. The van der Waals surface area contributed by atoms with Crippen LogP contribution in [0.3, 0.4) is 0 Å². The fourth-order valence-corrected chi connectivity index (χ4v) is 2.80. The third-order valence-corrected chi connectivity index (χ3v) is 3.95. The van der Waals surface area contributed by atoms with Gasteiger partial charge >= 0.3 is 11.9 Å². The summed E-state index contributed by atoms with van der Waals surface area (Å²) >= 11 is 12.3. The first-order valence-corrected chi connectivity index (χ1v) is 8.86. The first-order chi connectivity index (χ1) is 12.1. The topological polar surface area (TPSA) is 53.4 Å². The highest BCUT2D eigenvalue weighted by atomic mass is 35.5. The van der Waals surface area contributed by atoms with Crippen LogP contribution in [0.5, 0.6) is 5.75 Å². The average molecular weight is 397 g/mol. The molecule has 0 spiro atoms. The lowest BCUT2D eigenvalue weighted by Gasteiger charge is -2.38. The summed E-state index contributed by atoms with van der Waals surface area (Å²) in [6, 6.07) is 4.86. The van der Waals surface area contributed by atoms with Crippen molar-refractivity contribution in [3.8, 4) is 5.75 Å². The van der Waals surface area contributed by atoms with Gasteiger partial charge < -0.3 is 9.47 Å². The summed E-state index contributed by atoms with van der Waals surface area (Å²) in [4.78, 5) is 16.4. The highest BCUT2D eigenvalue weighted by molar-refractivity contribution is 6.34. The number of carbonyl (C=O) groups is 1. The zero-order chi connectivity index (χ0) is 19.4. The molecule has 2 aromatic rings. The van der Waals surface area contributed by atoms with Crippen molar-refractivity contribution in [2.75, 3.05) is 0 Å². The number of imidazole rings is 1. The van der Waals surface area contributed by atoms with Gasteiger partial charge in [0.05, 0.1) is 17.9 Å². The van der Waals surface area contributed by atoms with Crippen molar-refractivity contribution in [1.29, 1.82) is 0 Å². The van der Waals surface area contributed by atoms with E-state index >= 15 is 0 Å². The molecule has 0 fully saturated rings. The molecular weight excluding hydrogens is 375 g/mol. The lowest BCUT2D eigenvalue weighted by molar-refractivity contribution is -0.249. The summed E-state index contributed by atoms with van der Waals surface area (Å²) in [5.74, 6) is -1.64. The SMILES string of the molecule is C=CCC(=O)OC(CC(C)(C)C)(Oc1cc(Cl)ccc1Cl)n1ccnc1. The van der Waals surface area contributed by atoms with E-state index in [0.717, 1.165) is 0 Å². The Kier molecular flexibility index (Phi) is 6.37. The van der Waals surface area contributed by atoms with Crippen molar-refractivity contribution >= 4 is 29.2 Å². The molecule has 7 heteroatoms. The Hall–Kier alpha value is -1.98. The van der Waals surface area contributed by atoms with E-state index < -0.39 is 11.9 Å². The molecule has 5 nitrogen and oxygen atoms in total. The quantitative estimate of drug-likeness (QED) is 0.355. The molecule has 2 rings (SSSR count). The molecule has 0 amide bonds. The molecule has 1 atom stereocenters. The van der Waals surface area contributed by atoms with Crippen molar-refractivity contribution in [3.63, 3.8) is 0 Å². The Bertz CT molecular complexity index is 770. The minimum atomic E-state index is -1.47. The molecule has 0 N–H and O–H groups in total. The summed E-state index contributed by atoms with van der Waals surface area (Å²) in [6.45, 7) is 9.63. The van der Waals surface area contributed by atoms with E-state index in [9.17, 15) is 4.79 Å². The number of hydrogen-bond acceptors (Lipinski definition) is 4. The number of benzene rings is 1. The van der Waals surface area contributed by atoms with Crippen LogP contribution >= 0.6 is 23.2 Å². The minimum absolute atomic E-state index is 0.0488. The van der Waals surface area contributed by atoms with Gasteiger partial charge in [0.2, 0.25) is 0 Å². The molecule has 1 unspecified atom stereocenters. The van der Waals surface area contributed by atoms with Gasteiger partial charge in [0.15, 0.2) is 0 Å². The van der Waals surface area contributed by atoms with Gasteiger partial charge in [-0.3, -0.25) is 9.36 Å². The molecule has 1 heterocycles. The number of aromatic nitrogens is 2. The summed E-state index contributed by atoms with van der Waals surface area (Å²) in [7, 11) is 0. The third-order valence-electron chi connectivity index (χ3n) is 3.40. The molecule has 0 aliphatic heterocycles. The summed E-state index contributed by atoms with van der Waals surface area (Å²) in [5.41, 5.74) is -0.246. The van der Waals surface area contributed by atoms with Gasteiger partial charge in [-0.05, 0) is 17.5 Å². The highest BCUT2D eigenvalue weighted by Gasteiger charge is 2.43. The van der Waals surface area contributed by atoms with E-state index in [4.69, 9.17) is 32.7 Å². The maximum Gasteiger partial charge on any atom is 0.345 e. The van der Waals surface area contributed by atoms with Crippen LogP contribution in [0.2, 0.25) is 10.0 Å². The van der Waals surface area contributed by atoms with Crippen LogP contribution in [0.1, 0.15) is 33.6 Å². The van der Waals surface area contributed by atoms with Crippen molar-refractivity contribution in [1.82, 2.24) is 9.55 Å². The number of ether oxygens (including phenoxy) is 2. The monoisotopic (exact) mass is 396 g/mol. The van der Waals surface area contributed by atoms with E-state index in [2.05, 4.69) is 11.6 Å². The zero-order valence-electron chi connectivity index (χ0n) is 15.0. The van der Waals surface area contributed by atoms with Crippen LogP contribution in [0, 0.1) is 5.41 Å². The first kappa shape index (κ1) is 20.3. The predicted octanol–water partition coefficient (Wildman–Crippen LogP) is 5.43. The Balaban J connectivity index is 2.55. The number of esters is 1. The second-order valence-corrected chi connectivity index (χ2v) is 7.91. The predicted molar refractivity (Wildman–Crippen MR) is 102 cm³/mol. The standard InChI is InChI=1S/C19H22Cl2N2O3/c1-5-6-17(24)26-19(12-18(2,3)4,23-10-9-22-13-23)25-16-11-14(20)7-8-15(16)21/h5,7-11,13H,1,6,12H2,2-4H3. The molecule has 0 saturated carbocycles. The van der Waals surface area contributed by atoms with Crippen molar-refractivity contribution < 1.29 is 14.3 Å². The third kappa shape index (κ3) is 5.26. The van der Waals surface area contributed by atoms with E-state index in [-0.39, 0.29) is 11.8 Å². The largest absolute Gasteiger partial charge is 0.433 e. The molecule has 0 bridgehead atoms. The van der Waals surface area contributed by atoms with Gasteiger partial charge in [-0.15, -0.1) is 6.58 Å². The lowest BCUT2D eigenvalue weighted by atomic mass is 9.90. The number of halogens is 2. The van der Waals surface area contributed by atoms with Crippen LogP contribution in [0.25, 0.3) is 0 Å². The van der Waals surface area contributed by atoms with Crippen molar-refractivity contribution in [3.05, 3.63) is 59.6 Å². The van der Waals surface area contributed by atoms with Crippen LogP contribution < -0.4 is 4.74 Å². The van der Waals surface area contributed by atoms with Gasteiger partial charge in [-0.1, -0.05) is 50.0 Å². The van der Waals surface area contributed by atoms with E-state index in [1.54, 1.807) is 35.2 Å². The van der Waals surface area contributed by atoms with Crippen LogP contribution in [-0.4, -0.2) is 15.5 Å². The highest BCUT2D eigenvalue weighted by Crippen LogP contribution is 2.39. The fourth-order valence-electron chi connectivity index (χ4n) is 2.49. The Morgan fingerprint density at radius 3 is 2.65 bits per heavy atom. The molecule has 26 heavy (non-hydrogen) atoms. The lowest BCUT2D eigenvalue weighted by Crippen LogP contribution is -2.46. The minimum Gasteiger partial charge on any atom is -0.433 e. The van der Waals surface area contributed by atoms with Crippen LogP contribution in [-0.2, 0) is 15.4 Å². The molecular formula is C19H22Cl2N2O3.